The topological polar surface area (TPSA) is 68.0 Å². The summed E-state index contributed by atoms with van der Waals surface area (Å²) in [6.07, 6.45) is -2.05. The fourth-order valence-corrected chi connectivity index (χ4v) is 1.01. The van der Waals surface area contributed by atoms with Crippen molar-refractivity contribution in [2.45, 2.75) is 25.6 Å². The Labute approximate surface area is 96.0 Å². The van der Waals surface area contributed by atoms with Crippen molar-refractivity contribution in [3.05, 3.63) is 24.0 Å². The summed E-state index contributed by atoms with van der Waals surface area (Å²) in [5, 5.41) is 2.08. The van der Waals surface area contributed by atoms with Gasteiger partial charge in [0.25, 0.3) is 5.91 Å². The normalized spacial score (nSPS) is 15.2. The number of pyridine rings is 1. The predicted octanol–water partition coefficient (Wildman–Crippen LogP) is 1.61. The van der Waals surface area contributed by atoms with E-state index in [2.05, 4.69) is 10.3 Å². The minimum absolute atomic E-state index is 0.177. The van der Waals surface area contributed by atoms with Crippen LogP contribution in [0.4, 0.5) is 18.9 Å². The molecule has 0 radical (unpaired) electrons. The quantitative estimate of drug-likeness (QED) is 0.834. The first-order valence-electron chi connectivity index (χ1n) is 4.73. The van der Waals surface area contributed by atoms with E-state index in [0.29, 0.717) is 12.5 Å². The molecule has 1 atom stereocenters. The molecule has 0 aliphatic rings. The molecule has 7 heteroatoms. The van der Waals surface area contributed by atoms with Crippen LogP contribution in [0.25, 0.3) is 0 Å². The number of amides is 1. The lowest BCUT2D eigenvalue weighted by Crippen LogP contribution is -2.59. The van der Waals surface area contributed by atoms with E-state index in [0.717, 1.165) is 0 Å². The van der Waals surface area contributed by atoms with Crippen LogP contribution in [0.5, 0.6) is 0 Å². The number of nitrogens with zero attached hydrogens (tertiary/aromatic N) is 1. The number of hydrogen-bond donors (Lipinski definition) is 2. The summed E-state index contributed by atoms with van der Waals surface area (Å²) in [5.74, 6) is -1.32. The summed E-state index contributed by atoms with van der Waals surface area (Å²) < 4.78 is 37.4. The highest BCUT2D eigenvalue weighted by Gasteiger charge is 2.53. The second kappa shape index (κ2) is 4.33. The van der Waals surface area contributed by atoms with Crippen LogP contribution in [-0.2, 0) is 4.79 Å². The number of halogens is 3. The van der Waals surface area contributed by atoms with Crippen molar-refractivity contribution >= 4 is 11.6 Å². The first kappa shape index (κ1) is 13.4. The van der Waals surface area contributed by atoms with Crippen molar-refractivity contribution in [2.24, 2.45) is 5.73 Å². The van der Waals surface area contributed by atoms with Gasteiger partial charge in [-0.1, -0.05) is 0 Å². The van der Waals surface area contributed by atoms with E-state index in [4.69, 9.17) is 5.73 Å². The molecule has 0 aromatic carbocycles. The van der Waals surface area contributed by atoms with Gasteiger partial charge in [0.15, 0.2) is 5.54 Å². The van der Waals surface area contributed by atoms with Crippen LogP contribution in [0, 0.1) is 6.92 Å². The van der Waals surface area contributed by atoms with Crippen molar-refractivity contribution in [3.8, 4) is 0 Å². The van der Waals surface area contributed by atoms with Crippen molar-refractivity contribution in [2.75, 3.05) is 5.32 Å². The van der Waals surface area contributed by atoms with Gasteiger partial charge >= 0.3 is 6.18 Å². The van der Waals surface area contributed by atoms with Crippen molar-refractivity contribution in [3.63, 3.8) is 0 Å². The molecule has 0 aliphatic carbocycles. The van der Waals surface area contributed by atoms with Crippen LogP contribution in [0.3, 0.4) is 0 Å². The highest BCUT2D eigenvalue weighted by atomic mass is 19.4. The lowest BCUT2D eigenvalue weighted by molar-refractivity contribution is -0.184. The number of carbonyl (C=O) groups excluding carboxylic acids is 1. The Morgan fingerprint density at radius 3 is 2.47 bits per heavy atom. The summed E-state index contributed by atoms with van der Waals surface area (Å²) in [6, 6.07) is 1.50. The second-order valence-electron chi connectivity index (χ2n) is 3.91. The number of anilines is 1. The third kappa shape index (κ3) is 2.94. The third-order valence-corrected chi connectivity index (χ3v) is 2.19. The summed E-state index contributed by atoms with van der Waals surface area (Å²) in [5.41, 5.74) is 2.92. The molecule has 1 unspecified atom stereocenters. The Balaban J connectivity index is 2.87. The van der Waals surface area contributed by atoms with Crippen LogP contribution < -0.4 is 11.1 Å². The molecule has 0 spiro atoms. The van der Waals surface area contributed by atoms with E-state index in [1.807, 2.05) is 0 Å². The van der Waals surface area contributed by atoms with Gasteiger partial charge in [0.2, 0.25) is 0 Å². The Morgan fingerprint density at radius 2 is 2.00 bits per heavy atom. The smallest absolute Gasteiger partial charge is 0.323 e. The van der Waals surface area contributed by atoms with Gasteiger partial charge in [0, 0.05) is 6.20 Å². The molecular formula is C10H12F3N3O. The largest absolute Gasteiger partial charge is 0.415 e. The van der Waals surface area contributed by atoms with Gasteiger partial charge in [-0.05, 0) is 25.5 Å². The molecule has 1 amide bonds. The second-order valence-corrected chi connectivity index (χ2v) is 3.91. The number of hydrogen-bond acceptors (Lipinski definition) is 3. The molecule has 3 N–H and O–H groups in total. The first-order chi connectivity index (χ1) is 7.64. The minimum atomic E-state index is -4.81. The molecule has 17 heavy (non-hydrogen) atoms. The van der Waals surface area contributed by atoms with Crippen molar-refractivity contribution in [1.82, 2.24) is 4.98 Å². The maximum atomic E-state index is 12.5. The lowest BCUT2D eigenvalue weighted by atomic mass is 10.0. The number of nitrogens with one attached hydrogen (secondary N) is 1. The SMILES string of the molecule is Cc1cncc(NC(=O)C(C)(N)C(F)(F)F)c1. The molecular weight excluding hydrogens is 235 g/mol. The maximum absolute atomic E-state index is 12.5. The number of aromatic nitrogens is 1. The fraction of sp³-hybridized carbons (Fsp3) is 0.400. The van der Waals surface area contributed by atoms with Crippen LogP contribution in [-0.4, -0.2) is 22.6 Å². The fourth-order valence-electron chi connectivity index (χ4n) is 1.01. The molecule has 0 aliphatic heterocycles. The van der Waals surface area contributed by atoms with Gasteiger partial charge < -0.3 is 11.1 Å². The summed E-state index contributed by atoms with van der Waals surface area (Å²) in [6.45, 7) is 2.32. The van der Waals surface area contributed by atoms with Gasteiger partial charge in [-0.3, -0.25) is 9.78 Å². The standard InChI is InChI=1S/C10H12F3N3O/c1-6-3-7(5-15-4-6)16-8(17)9(2,14)10(11,12)13/h3-5H,14H2,1-2H3,(H,16,17). The average molecular weight is 247 g/mol. The van der Waals surface area contributed by atoms with E-state index < -0.39 is 17.6 Å². The van der Waals surface area contributed by atoms with Crippen molar-refractivity contribution in [1.29, 1.82) is 0 Å². The zero-order chi connectivity index (χ0) is 13.3. The highest BCUT2D eigenvalue weighted by Crippen LogP contribution is 2.28. The monoisotopic (exact) mass is 247 g/mol. The van der Waals surface area contributed by atoms with Crippen LogP contribution in [0.1, 0.15) is 12.5 Å². The molecule has 0 fully saturated rings. The Kier molecular flexibility index (Phi) is 3.42. The van der Waals surface area contributed by atoms with Gasteiger partial charge in [-0.2, -0.15) is 13.2 Å². The molecule has 1 heterocycles. The zero-order valence-electron chi connectivity index (χ0n) is 9.30. The molecule has 1 aromatic rings. The van der Waals surface area contributed by atoms with Crippen molar-refractivity contribution < 1.29 is 18.0 Å². The van der Waals surface area contributed by atoms with E-state index in [9.17, 15) is 18.0 Å². The summed E-state index contributed by atoms with van der Waals surface area (Å²) in [4.78, 5) is 15.2. The van der Waals surface area contributed by atoms with Gasteiger partial charge in [0.05, 0.1) is 11.9 Å². The Morgan fingerprint density at radius 1 is 1.41 bits per heavy atom. The Hall–Kier alpha value is -1.63. The maximum Gasteiger partial charge on any atom is 0.415 e. The van der Waals surface area contributed by atoms with E-state index in [-0.39, 0.29) is 5.69 Å². The van der Waals surface area contributed by atoms with Crippen LogP contribution in [0.2, 0.25) is 0 Å². The highest BCUT2D eigenvalue weighted by molar-refractivity contribution is 5.98. The average Bonchev–Trinajstić information content (AvgIpc) is 2.15. The van der Waals surface area contributed by atoms with E-state index in [1.165, 1.54) is 18.5 Å². The number of rotatable bonds is 2. The summed E-state index contributed by atoms with van der Waals surface area (Å²) in [7, 11) is 0. The zero-order valence-corrected chi connectivity index (χ0v) is 9.30. The number of alkyl halides is 3. The molecule has 4 nitrogen and oxygen atoms in total. The lowest BCUT2D eigenvalue weighted by Gasteiger charge is -2.26. The Bertz CT molecular complexity index is 429. The summed E-state index contributed by atoms with van der Waals surface area (Å²) >= 11 is 0. The molecule has 1 rings (SSSR count). The van der Waals surface area contributed by atoms with Crippen LogP contribution in [0.15, 0.2) is 18.5 Å². The van der Waals surface area contributed by atoms with Gasteiger partial charge in [-0.25, -0.2) is 0 Å². The molecule has 0 saturated carbocycles. The van der Waals surface area contributed by atoms with E-state index in [1.54, 1.807) is 6.92 Å². The molecule has 1 aromatic heterocycles. The predicted molar refractivity (Wildman–Crippen MR) is 56.3 cm³/mol. The number of aryl methyl sites for hydroxylation is 1. The van der Waals surface area contributed by atoms with E-state index >= 15 is 0 Å². The van der Waals surface area contributed by atoms with Crippen LogP contribution >= 0.6 is 0 Å². The number of nitrogens with two attached hydrogens (primary N) is 1. The van der Waals surface area contributed by atoms with Gasteiger partial charge in [0.1, 0.15) is 0 Å². The molecule has 0 saturated heterocycles. The third-order valence-electron chi connectivity index (χ3n) is 2.19. The molecule has 94 valence electrons. The van der Waals surface area contributed by atoms with Gasteiger partial charge in [-0.15, -0.1) is 0 Å². The minimum Gasteiger partial charge on any atom is -0.323 e. The molecule has 0 bridgehead atoms. The number of carbonyl (C=O) groups is 1. The first-order valence-corrected chi connectivity index (χ1v) is 4.73.